The molecule has 0 saturated heterocycles. The van der Waals surface area contributed by atoms with Gasteiger partial charge in [-0.1, -0.05) is 6.07 Å². The van der Waals surface area contributed by atoms with Gasteiger partial charge in [0.25, 0.3) is 0 Å². The van der Waals surface area contributed by atoms with E-state index in [4.69, 9.17) is 9.47 Å². The van der Waals surface area contributed by atoms with Crippen molar-refractivity contribution in [2.75, 3.05) is 13.9 Å². The summed E-state index contributed by atoms with van der Waals surface area (Å²) in [6.45, 7) is 0.247. The van der Waals surface area contributed by atoms with Crippen molar-refractivity contribution in [3.05, 3.63) is 36.7 Å². The van der Waals surface area contributed by atoms with E-state index in [9.17, 15) is 0 Å². The maximum Gasteiger partial charge on any atom is 0.188 e. The monoisotopic (exact) mass is 217 g/mol. The number of hydrogen-bond donors (Lipinski definition) is 0. The van der Waals surface area contributed by atoms with Gasteiger partial charge in [0.15, 0.2) is 6.79 Å². The van der Waals surface area contributed by atoms with Crippen LogP contribution in [0.25, 0.3) is 11.1 Å². The largest absolute Gasteiger partial charge is 0.468 e. The Bertz CT molecular complexity index is 466. The minimum absolute atomic E-state index is 0.247. The van der Waals surface area contributed by atoms with Crippen LogP contribution in [0.4, 0.5) is 0 Å². The van der Waals surface area contributed by atoms with Gasteiger partial charge in [0.1, 0.15) is 5.75 Å². The van der Waals surface area contributed by atoms with E-state index in [0.29, 0.717) is 0 Å². The summed E-state index contributed by atoms with van der Waals surface area (Å²) in [4.78, 5) is 0. The molecule has 2 rings (SSSR count). The number of aryl methyl sites for hydroxylation is 1. The lowest BCUT2D eigenvalue weighted by molar-refractivity contribution is 0.0511. The summed E-state index contributed by atoms with van der Waals surface area (Å²) in [7, 11) is 3.48. The molecule has 1 aromatic heterocycles. The number of methoxy groups -OCH3 is 1. The Morgan fingerprint density at radius 1 is 1.50 bits per heavy atom. The van der Waals surface area contributed by atoms with Crippen LogP contribution < -0.4 is 4.74 Å². The Labute approximate surface area is 94.4 Å². The van der Waals surface area contributed by atoms with Gasteiger partial charge in [0, 0.05) is 25.9 Å². The molecule has 0 unspecified atom stereocenters. The van der Waals surface area contributed by atoms with Crippen molar-refractivity contribution in [2.24, 2.45) is 7.05 Å². The first-order valence-corrected chi connectivity index (χ1v) is 4.92. The van der Waals surface area contributed by atoms with Crippen molar-refractivity contribution in [3.8, 4) is 16.9 Å². The molecular weight excluding hydrogens is 204 g/mol. The van der Waals surface area contributed by atoms with E-state index in [0.717, 1.165) is 16.9 Å². The Kier molecular flexibility index (Phi) is 3.22. The zero-order valence-corrected chi connectivity index (χ0v) is 9.30. The zero-order chi connectivity index (χ0) is 11.4. The van der Waals surface area contributed by atoms with Gasteiger partial charge in [-0.2, -0.15) is 5.10 Å². The highest BCUT2D eigenvalue weighted by molar-refractivity contribution is 5.62. The molecule has 0 N–H and O–H groups in total. The summed E-state index contributed by atoms with van der Waals surface area (Å²) in [6, 6.07) is 8.73. The average molecular weight is 217 g/mol. The van der Waals surface area contributed by atoms with Gasteiger partial charge in [-0.15, -0.1) is 0 Å². The summed E-state index contributed by atoms with van der Waals surface area (Å²) < 4.78 is 12.0. The van der Waals surface area contributed by atoms with E-state index in [1.807, 2.05) is 31.4 Å². The number of aromatic nitrogens is 2. The van der Waals surface area contributed by atoms with Gasteiger partial charge < -0.3 is 9.47 Å². The van der Waals surface area contributed by atoms with Crippen LogP contribution in [-0.2, 0) is 11.8 Å². The van der Waals surface area contributed by atoms with E-state index in [1.54, 1.807) is 18.0 Å². The van der Waals surface area contributed by atoms with Crippen LogP contribution in [0.5, 0.6) is 5.75 Å². The van der Waals surface area contributed by atoms with Crippen LogP contribution in [0, 0.1) is 6.07 Å². The minimum atomic E-state index is 0.247. The molecule has 0 aliphatic heterocycles. The number of nitrogens with zero attached hydrogens (tertiary/aromatic N) is 2. The lowest BCUT2D eigenvalue weighted by Gasteiger charge is -2.05. The topological polar surface area (TPSA) is 36.3 Å². The second-order valence-corrected chi connectivity index (χ2v) is 3.39. The summed E-state index contributed by atoms with van der Waals surface area (Å²) in [6.07, 6.45) is 3.73. The summed E-state index contributed by atoms with van der Waals surface area (Å²) in [5.41, 5.74) is 1.98. The minimum Gasteiger partial charge on any atom is -0.468 e. The Morgan fingerprint density at radius 2 is 2.38 bits per heavy atom. The average Bonchev–Trinajstić information content (AvgIpc) is 2.74. The summed E-state index contributed by atoms with van der Waals surface area (Å²) >= 11 is 0. The molecule has 0 aliphatic carbocycles. The smallest absolute Gasteiger partial charge is 0.188 e. The molecule has 0 saturated carbocycles. The van der Waals surface area contributed by atoms with Gasteiger partial charge in [0.2, 0.25) is 0 Å². The van der Waals surface area contributed by atoms with Crippen LogP contribution in [-0.4, -0.2) is 23.7 Å². The van der Waals surface area contributed by atoms with E-state index in [2.05, 4.69) is 11.2 Å². The van der Waals surface area contributed by atoms with E-state index < -0.39 is 0 Å². The molecule has 83 valence electrons. The number of hydrogen-bond acceptors (Lipinski definition) is 3. The van der Waals surface area contributed by atoms with Crippen LogP contribution in [0.15, 0.2) is 30.6 Å². The standard InChI is InChI=1S/C12H13N2O2/c1-14-8-11(7-13-14)10-4-3-5-12(6-10)16-9-15-2/h3,5-8H,9H2,1-2H3. The third kappa shape index (κ3) is 2.41. The predicted molar refractivity (Wildman–Crippen MR) is 60.0 cm³/mol. The normalized spacial score (nSPS) is 10.4. The van der Waals surface area contributed by atoms with Gasteiger partial charge in [-0.05, 0) is 23.8 Å². The molecule has 4 nitrogen and oxygen atoms in total. The summed E-state index contributed by atoms with van der Waals surface area (Å²) in [5.74, 6) is 0.763. The van der Waals surface area contributed by atoms with E-state index >= 15 is 0 Å². The quantitative estimate of drug-likeness (QED) is 0.733. The van der Waals surface area contributed by atoms with Crippen molar-refractivity contribution in [2.45, 2.75) is 0 Å². The fourth-order valence-corrected chi connectivity index (χ4v) is 1.39. The molecule has 1 heterocycles. The highest BCUT2D eigenvalue weighted by Crippen LogP contribution is 2.22. The highest BCUT2D eigenvalue weighted by atomic mass is 16.7. The van der Waals surface area contributed by atoms with E-state index in [1.165, 1.54) is 0 Å². The maximum absolute atomic E-state index is 5.35. The molecule has 1 radical (unpaired) electrons. The van der Waals surface area contributed by atoms with Crippen LogP contribution in [0.3, 0.4) is 0 Å². The molecule has 4 heteroatoms. The molecule has 0 atom stereocenters. The first-order chi connectivity index (χ1) is 7.79. The zero-order valence-electron chi connectivity index (χ0n) is 9.30. The second-order valence-electron chi connectivity index (χ2n) is 3.39. The van der Waals surface area contributed by atoms with Crippen molar-refractivity contribution in [1.82, 2.24) is 9.78 Å². The SMILES string of the molecule is COCOc1cc[c]c(-c2cnn(C)c2)c1. The first-order valence-electron chi connectivity index (χ1n) is 4.92. The van der Waals surface area contributed by atoms with Gasteiger partial charge in [-0.25, -0.2) is 0 Å². The Balaban J connectivity index is 2.22. The maximum atomic E-state index is 5.35. The molecule has 1 aromatic carbocycles. The first kappa shape index (κ1) is 10.7. The fraction of sp³-hybridized carbons (Fsp3) is 0.250. The summed E-state index contributed by atoms with van der Waals surface area (Å²) in [5, 5.41) is 4.12. The Morgan fingerprint density at radius 3 is 3.06 bits per heavy atom. The predicted octanol–water partition coefficient (Wildman–Crippen LogP) is 1.87. The highest BCUT2D eigenvalue weighted by Gasteiger charge is 2.02. The molecule has 0 spiro atoms. The molecule has 0 bridgehead atoms. The second kappa shape index (κ2) is 4.81. The van der Waals surface area contributed by atoms with Gasteiger partial charge >= 0.3 is 0 Å². The number of ether oxygens (including phenoxy) is 2. The van der Waals surface area contributed by atoms with E-state index in [-0.39, 0.29) is 6.79 Å². The van der Waals surface area contributed by atoms with Crippen LogP contribution in [0.1, 0.15) is 0 Å². The van der Waals surface area contributed by atoms with Gasteiger partial charge in [0.05, 0.1) is 6.20 Å². The lowest BCUT2D eigenvalue weighted by Crippen LogP contribution is -1.98. The third-order valence-electron chi connectivity index (χ3n) is 2.13. The number of rotatable bonds is 4. The molecule has 0 fully saturated rings. The fourth-order valence-electron chi connectivity index (χ4n) is 1.39. The molecule has 0 amide bonds. The third-order valence-corrected chi connectivity index (χ3v) is 2.13. The Hall–Kier alpha value is -1.81. The van der Waals surface area contributed by atoms with Crippen molar-refractivity contribution < 1.29 is 9.47 Å². The molecule has 2 aromatic rings. The van der Waals surface area contributed by atoms with Crippen LogP contribution >= 0.6 is 0 Å². The molecular formula is C12H13N2O2. The number of benzene rings is 1. The van der Waals surface area contributed by atoms with Gasteiger partial charge in [-0.3, -0.25) is 4.68 Å². The molecule has 0 aliphatic rings. The van der Waals surface area contributed by atoms with Crippen molar-refractivity contribution >= 4 is 0 Å². The van der Waals surface area contributed by atoms with Crippen LogP contribution in [0.2, 0.25) is 0 Å². The molecule has 16 heavy (non-hydrogen) atoms. The lowest BCUT2D eigenvalue weighted by atomic mass is 10.1. The van der Waals surface area contributed by atoms with Crippen molar-refractivity contribution in [1.29, 1.82) is 0 Å². The van der Waals surface area contributed by atoms with Crippen molar-refractivity contribution in [3.63, 3.8) is 0 Å².